The number of phenols is 1. The van der Waals surface area contributed by atoms with Gasteiger partial charge < -0.3 is 10.4 Å². The zero-order valence-corrected chi connectivity index (χ0v) is 21.0. The van der Waals surface area contributed by atoms with Gasteiger partial charge in [-0.3, -0.25) is 9.79 Å². The summed E-state index contributed by atoms with van der Waals surface area (Å²) in [6, 6.07) is 22.7. The molecule has 0 unspecified atom stereocenters. The first-order chi connectivity index (χ1) is 17.0. The summed E-state index contributed by atoms with van der Waals surface area (Å²) in [6.07, 6.45) is 1.69. The van der Waals surface area contributed by atoms with Crippen LogP contribution in [-0.4, -0.2) is 28.0 Å². The maximum Gasteiger partial charge on any atom is 0.234 e. The van der Waals surface area contributed by atoms with Crippen molar-refractivity contribution in [3.05, 3.63) is 88.9 Å². The van der Waals surface area contributed by atoms with Crippen molar-refractivity contribution in [3.63, 3.8) is 0 Å². The van der Waals surface area contributed by atoms with Crippen molar-refractivity contribution < 1.29 is 9.90 Å². The third-order valence-corrected chi connectivity index (χ3v) is 7.99. The molecule has 1 amide bonds. The minimum absolute atomic E-state index is 0.116. The van der Waals surface area contributed by atoms with Gasteiger partial charge in [-0.05, 0) is 59.7 Å². The minimum Gasteiger partial charge on any atom is -0.507 e. The molecule has 0 saturated heterocycles. The van der Waals surface area contributed by atoms with Crippen molar-refractivity contribution in [2.45, 2.75) is 11.3 Å². The molecule has 5 nitrogen and oxygen atoms in total. The lowest BCUT2D eigenvalue weighted by atomic mass is 10.0. The van der Waals surface area contributed by atoms with Gasteiger partial charge in [-0.1, -0.05) is 59.8 Å². The van der Waals surface area contributed by atoms with Crippen LogP contribution >= 0.6 is 34.7 Å². The molecule has 0 fully saturated rings. The number of hydrogen-bond donors (Lipinski definition) is 2. The number of thiazole rings is 1. The van der Waals surface area contributed by atoms with Crippen molar-refractivity contribution >= 4 is 79.2 Å². The van der Waals surface area contributed by atoms with E-state index in [1.165, 1.54) is 23.1 Å². The Morgan fingerprint density at radius 1 is 1.14 bits per heavy atom. The fourth-order valence-corrected chi connectivity index (χ4v) is 5.67. The molecule has 0 radical (unpaired) electrons. The predicted octanol–water partition coefficient (Wildman–Crippen LogP) is 7.60. The Bertz CT molecular complexity index is 1600. The van der Waals surface area contributed by atoms with Crippen LogP contribution in [0.15, 0.2) is 82.1 Å². The molecule has 0 spiro atoms. The fraction of sp³-hybridized carbons (Fsp3) is 0.0741. The highest BCUT2D eigenvalue weighted by molar-refractivity contribution is 8.01. The van der Waals surface area contributed by atoms with E-state index in [1.807, 2.05) is 67.6 Å². The summed E-state index contributed by atoms with van der Waals surface area (Å²) in [5.74, 6) is 0.321. The molecule has 174 valence electrons. The highest BCUT2D eigenvalue weighted by atomic mass is 35.5. The van der Waals surface area contributed by atoms with Crippen LogP contribution in [0.3, 0.4) is 0 Å². The van der Waals surface area contributed by atoms with E-state index in [1.54, 1.807) is 18.3 Å². The lowest BCUT2D eigenvalue weighted by Gasteiger charge is -2.06. The number of thioether (sulfide) groups is 1. The second-order valence-corrected chi connectivity index (χ2v) is 10.6. The van der Waals surface area contributed by atoms with Gasteiger partial charge in [0.2, 0.25) is 5.91 Å². The molecule has 1 aromatic heterocycles. The van der Waals surface area contributed by atoms with Crippen LogP contribution in [0.2, 0.25) is 5.02 Å². The topological polar surface area (TPSA) is 74.6 Å². The largest absolute Gasteiger partial charge is 0.507 e. The molecule has 0 aliphatic rings. The van der Waals surface area contributed by atoms with E-state index in [0.717, 1.165) is 36.6 Å². The molecule has 1 heterocycles. The first kappa shape index (κ1) is 23.4. The molecule has 0 bridgehead atoms. The van der Waals surface area contributed by atoms with Crippen LogP contribution in [0.1, 0.15) is 11.1 Å². The lowest BCUT2D eigenvalue weighted by Crippen LogP contribution is -2.13. The van der Waals surface area contributed by atoms with Crippen LogP contribution in [0.4, 0.5) is 11.4 Å². The molecule has 35 heavy (non-hydrogen) atoms. The molecule has 2 N–H and O–H groups in total. The molecule has 5 aromatic rings. The van der Waals surface area contributed by atoms with E-state index >= 15 is 0 Å². The number of amides is 1. The summed E-state index contributed by atoms with van der Waals surface area (Å²) >= 11 is 9.04. The molecule has 0 aliphatic heterocycles. The van der Waals surface area contributed by atoms with Crippen LogP contribution in [0.25, 0.3) is 21.0 Å². The van der Waals surface area contributed by atoms with E-state index in [2.05, 4.69) is 15.3 Å². The van der Waals surface area contributed by atoms with Gasteiger partial charge in [0.15, 0.2) is 4.34 Å². The Hall–Kier alpha value is -3.39. The van der Waals surface area contributed by atoms with Crippen LogP contribution in [0, 0.1) is 6.92 Å². The number of nitrogens with one attached hydrogen (secondary N) is 1. The van der Waals surface area contributed by atoms with Crippen molar-refractivity contribution in [1.29, 1.82) is 0 Å². The first-order valence-corrected chi connectivity index (χ1v) is 13.0. The van der Waals surface area contributed by atoms with Gasteiger partial charge in [-0.25, -0.2) is 4.98 Å². The smallest absolute Gasteiger partial charge is 0.234 e. The third kappa shape index (κ3) is 5.32. The van der Waals surface area contributed by atoms with Gasteiger partial charge in [0, 0.05) is 22.5 Å². The number of aromatic hydroxyl groups is 1. The molecular weight excluding hydrogens is 498 g/mol. The quantitative estimate of drug-likeness (QED) is 0.179. The van der Waals surface area contributed by atoms with Gasteiger partial charge in [-0.2, -0.15) is 0 Å². The van der Waals surface area contributed by atoms with Crippen molar-refractivity contribution in [3.8, 4) is 5.75 Å². The Morgan fingerprint density at radius 3 is 2.86 bits per heavy atom. The van der Waals surface area contributed by atoms with Gasteiger partial charge in [0.1, 0.15) is 5.75 Å². The minimum atomic E-state index is -0.116. The number of anilines is 1. The highest BCUT2D eigenvalue weighted by Crippen LogP contribution is 2.33. The number of rotatable bonds is 6. The Kier molecular flexibility index (Phi) is 6.72. The number of aromatic nitrogens is 1. The number of benzene rings is 4. The standard InChI is InChI=1S/C27H20ClN3O2S2/c1-16-6-8-19(12-22(16)28)30-26(33)15-34-27-31-23-10-9-18(13-25(23)35-27)29-14-21-20-5-3-2-4-17(20)7-11-24(21)32/h2-14,32H,15H2,1H3,(H,30,33). The van der Waals surface area contributed by atoms with E-state index in [4.69, 9.17) is 11.6 Å². The summed E-state index contributed by atoms with van der Waals surface area (Å²) in [4.78, 5) is 21.6. The lowest BCUT2D eigenvalue weighted by molar-refractivity contribution is -0.113. The number of carbonyl (C=O) groups excluding carboxylic acids is 1. The number of nitrogens with zero attached hydrogens (tertiary/aromatic N) is 2. The SMILES string of the molecule is Cc1ccc(NC(=O)CSc2nc3ccc(N=Cc4c(O)ccc5ccccc45)cc3s2)cc1Cl. The number of fused-ring (bicyclic) bond motifs is 2. The van der Waals surface area contributed by atoms with Gasteiger partial charge in [-0.15, -0.1) is 11.3 Å². The monoisotopic (exact) mass is 517 g/mol. The summed E-state index contributed by atoms with van der Waals surface area (Å²) < 4.78 is 1.79. The molecule has 4 aromatic carbocycles. The molecular formula is C27H20ClN3O2S2. The second kappa shape index (κ2) is 10.1. The van der Waals surface area contributed by atoms with Crippen molar-refractivity contribution in [2.75, 3.05) is 11.1 Å². The summed E-state index contributed by atoms with van der Waals surface area (Å²) in [6.45, 7) is 1.92. The Morgan fingerprint density at radius 2 is 2.00 bits per heavy atom. The molecule has 0 saturated carbocycles. The highest BCUT2D eigenvalue weighted by Gasteiger charge is 2.10. The van der Waals surface area contributed by atoms with Crippen LogP contribution in [0.5, 0.6) is 5.75 Å². The number of hydrogen-bond acceptors (Lipinski definition) is 6. The molecule has 5 rings (SSSR count). The molecule has 0 aliphatic carbocycles. The van der Waals surface area contributed by atoms with E-state index < -0.39 is 0 Å². The number of halogens is 1. The summed E-state index contributed by atoms with van der Waals surface area (Å²) in [5.41, 5.74) is 3.94. The number of aliphatic imine (C=N–C) groups is 1. The van der Waals surface area contributed by atoms with Crippen LogP contribution < -0.4 is 5.32 Å². The van der Waals surface area contributed by atoms with Gasteiger partial charge in [0.05, 0.1) is 21.7 Å². The van der Waals surface area contributed by atoms with E-state index in [9.17, 15) is 9.90 Å². The van der Waals surface area contributed by atoms with Gasteiger partial charge >= 0.3 is 0 Å². The van der Waals surface area contributed by atoms with Crippen LogP contribution in [-0.2, 0) is 4.79 Å². The second-order valence-electron chi connectivity index (χ2n) is 7.91. The predicted molar refractivity (Wildman–Crippen MR) is 148 cm³/mol. The average molecular weight is 518 g/mol. The van der Waals surface area contributed by atoms with E-state index in [0.29, 0.717) is 16.3 Å². The Balaban J connectivity index is 1.28. The fourth-order valence-electron chi connectivity index (χ4n) is 3.59. The van der Waals surface area contributed by atoms with Crippen molar-refractivity contribution in [1.82, 2.24) is 4.98 Å². The maximum atomic E-state index is 12.4. The zero-order chi connectivity index (χ0) is 24.4. The number of carbonyl (C=O) groups is 1. The average Bonchev–Trinajstić information content (AvgIpc) is 3.27. The third-order valence-electron chi connectivity index (χ3n) is 5.43. The maximum absolute atomic E-state index is 12.4. The molecule has 8 heteroatoms. The van der Waals surface area contributed by atoms with E-state index in [-0.39, 0.29) is 17.4 Å². The number of phenolic OH excluding ortho intramolecular Hbond substituents is 1. The summed E-state index contributed by atoms with van der Waals surface area (Å²) in [7, 11) is 0. The normalized spacial score (nSPS) is 11.5. The zero-order valence-electron chi connectivity index (χ0n) is 18.7. The first-order valence-electron chi connectivity index (χ1n) is 10.8. The number of aryl methyl sites for hydroxylation is 1. The van der Waals surface area contributed by atoms with Gasteiger partial charge in [0.25, 0.3) is 0 Å². The molecule has 0 atom stereocenters. The summed E-state index contributed by atoms with van der Waals surface area (Å²) in [5, 5.41) is 15.8. The Labute approximate surface area is 215 Å². The van der Waals surface area contributed by atoms with Crippen molar-refractivity contribution in [2.24, 2.45) is 4.99 Å².